The van der Waals surface area contributed by atoms with Gasteiger partial charge in [-0.15, -0.1) is 0 Å². The van der Waals surface area contributed by atoms with E-state index in [-0.39, 0.29) is 5.91 Å². The minimum atomic E-state index is -0.833. The number of nitrogens with one attached hydrogen (secondary N) is 1. The van der Waals surface area contributed by atoms with Crippen molar-refractivity contribution in [2.45, 2.75) is 26.3 Å². The molecule has 3 aliphatic rings. The maximum Gasteiger partial charge on any atom is 0.300 e. The summed E-state index contributed by atoms with van der Waals surface area (Å²) in [5.74, 6) is 0.140. The minimum absolute atomic E-state index is 0.000842. The van der Waals surface area contributed by atoms with Gasteiger partial charge in [-0.25, -0.2) is 4.98 Å². The summed E-state index contributed by atoms with van der Waals surface area (Å²) in [6, 6.07) is 2.13. The van der Waals surface area contributed by atoms with E-state index in [2.05, 4.69) is 21.3 Å². The normalized spacial score (nSPS) is 17.5. The molecular weight excluding hydrogens is 362 g/mol. The molecule has 148 valence electrons. The Morgan fingerprint density at radius 1 is 1.25 bits per heavy atom. The van der Waals surface area contributed by atoms with Crippen LogP contribution in [0, 0.1) is 0 Å². The van der Waals surface area contributed by atoms with Crippen molar-refractivity contribution in [1.82, 2.24) is 20.1 Å². The second kappa shape index (κ2) is 7.59. The number of aryl methyl sites for hydroxylation is 1. The third-order valence-corrected chi connectivity index (χ3v) is 5.08. The van der Waals surface area contributed by atoms with Gasteiger partial charge in [0.05, 0.1) is 25.5 Å². The summed E-state index contributed by atoms with van der Waals surface area (Å²) < 4.78 is 7.30. The molecule has 4 heterocycles. The number of aliphatic carboxylic acids is 1. The van der Waals surface area contributed by atoms with Gasteiger partial charge in [0, 0.05) is 43.9 Å². The first kappa shape index (κ1) is 18.4. The lowest BCUT2D eigenvalue weighted by Crippen LogP contribution is -2.36. The number of amides is 1. The molecule has 0 spiro atoms. The van der Waals surface area contributed by atoms with Gasteiger partial charge in [-0.05, 0) is 24.5 Å². The second-order valence-electron chi connectivity index (χ2n) is 6.97. The molecule has 2 aromatic heterocycles. The average molecular weight is 385 g/mol. The number of carbonyl (C=O) groups excluding carboxylic acids is 1. The van der Waals surface area contributed by atoms with Gasteiger partial charge < -0.3 is 20.1 Å². The number of pyridine rings is 1. The molecule has 9 nitrogen and oxygen atoms in total. The fraction of sp³-hybridized carbons (Fsp3) is 0.474. The monoisotopic (exact) mass is 385 g/mol. The summed E-state index contributed by atoms with van der Waals surface area (Å²) in [4.78, 5) is 28.1. The molecule has 0 atom stereocenters. The van der Waals surface area contributed by atoms with E-state index in [9.17, 15) is 4.79 Å². The Hall–Kier alpha value is -2.94. The van der Waals surface area contributed by atoms with Gasteiger partial charge in [-0.2, -0.15) is 5.10 Å². The lowest BCUT2D eigenvalue weighted by atomic mass is 9.90. The number of hydrogen-bond acceptors (Lipinski definition) is 6. The maximum absolute atomic E-state index is 12.2. The van der Waals surface area contributed by atoms with E-state index in [4.69, 9.17) is 19.7 Å². The van der Waals surface area contributed by atoms with Crippen molar-refractivity contribution in [3.05, 3.63) is 29.1 Å². The number of carboxylic acids is 1. The average Bonchev–Trinajstić information content (AvgIpc) is 3.08. The number of nitrogens with zero attached hydrogens (tertiary/aromatic N) is 4. The SMILES string of the molecule is CC(=O)O.O=C1NCCn2nc3c(c21)CCc1cnc(N2CCOCC2)cc1-3. The summed E-state index contributed by atoms with van der Waals surface area (Å²) >= 11 is 0. The quantitative estimate of drug-likeness (QED) is 0.744. The number of morpholine rings is 1. The van der Waals surface area contributed by atoms with Crippen LogP contribution >= 0.6 is 0 Å². The third-order valence-electron chi connectivity index (χ3n) is 5.08. The van der Waals surface area contributed by atoms with Crippen LogP contribution in [-0.4, -0.2) is 64.6 Å². The maximum atomic E-state index is 12.2. The molecule has 28 heavy (non-hydrogen) atoms. The highest BCUT2D eigenvalue weighted by Gasteiger charge is 2.30. The van der Waals surface area contributed by atoms with Gasteiger partial charge in [0.1, 0.15) is 11.5 Å². The standard InChI is InChI=1S/C17H19N5O2.C2H4O2/c23-17-16-12-2-1-11-10-19-14(21-5-7-24-8-6-21)9-13(11)15(12)20-22(16)4-3-18-17;1-2(3)4/h9-10H,1-8H2,(H,18,23);1H3,(H,3,4). The topological polar surface area (TPSA) is 110 Å². The predicted molar refractivity (Wildman–Crippen MR) is 102 cm³/mol. The van der Waals surface area contributed by atoms with Crippen molar-refractivity contribution in [3.8, 4) is 11.3 Å². The number of anilines is 1. The summed E-state index contributed by atoms with van der Waals surface area (Å²) in [6.07, 6.45) is 3.73. The van der Waals surface area contributed by atoms with Crippen LogP contribution in [-0.2, 0) is 28.9 Å². The molecule has 1 amide bonds. The van der Waals surface area contributed by atoms with Gasteiger partial charge in [-0.3, -0.25) is 14.3 Å². The molecule has 0 aromatic carbocycles. The van der Waals surface area contributed by atoms with Crippen molar-refractivity contribution < 1.29 is 19.4 Å². The molecule has 1 saturated heterocycles. The van der Waals surface area contributed by atoms with Gasteiger partial charge in [0.2, 0.25) is 0 Å². The molecule has 0 bridgehead atoms. The Kier molecular flexibility index (Phi) is 4.99. The van der Waals surface area contributed by atoms with E-state index in [0.717, 1.165) is 80.9 Å². The van der Waals surface area contributed by atoms with Crippen LogP contribution in [0.2, 0.25) is 0 Å². The van der Waals surface area contributed by atoms with Gasteiger partial charge >= 0.3 is 0 Å². The van der Waals surface area contributed by atoms with Crippen LogP contribution < -0.4 is 10.2 Å². The van der Waals surface area contributed by atoms with Crippen LogP contribution in [0.1, 0.15) is 28.5 Å². The first-order valence-corrected chi connectivity index (χ1v) is 9.44. The smallest absolute Gasteiger partial charge is 0.300 e. The summed E-state index contributed by atoms with van der Waals surface area (Å²) in [5, 5.41) is 15.1. The number of fused-ring (bicyclic) bond motifs is 5. The van der Waals surface area contributed by atoms with Crippen molar-refractivity contribution >= 4 is 17.7 Å². The molecule has 1 fully saturated rings. The fourth-order valence-corrected chi connectivity index (χ4v) is 3.84. The Labute approximate surface area is 162 Å². The molecule has 5 rings (SSSR count). The molecule has 2 aromatic rings. The molecule has 9 heteroatoms. The zero-order valence-corrected chi connectivity index (χ0v) is 15.8. The van der Waals surface area contributed by atoms with Crippen LogP contribution in [0.4, 0.5) is 5.82 Å². The zero-order chi connectivity index (χ0) is 19.7. The lowest BCUT2D eigenvalue weighted by molar-refractivity contribution is -0.134. The van der Waals surface area contributed by atoms with Gasteiger partial charge in [0.25, 0.3) is 11.9 Å². The number of aromatic nitrogens is 3. The molecule has 2 N–H and O–H groups in total. The predicted octanol–water partition coefficient (Wildman–Crippen LogP) is 0.715. The Morgan fingerprint density at radius 2 is 2.00 bits per heavy atom. The third kappa shape index (κ3) is 3.45. The van der Waals surface area contributed by atoms with E-state index in [1.54, 1.807) is 0 Å². The Balaban J connectivity index is 0.000000442. The summed E-state index contributed by atoms with van der Waals surface area (Å²) in [7, 11) is 0. The largest absolute Gasteiger partial charge is 0.481 e. The van der Waals surface area contributed by atoms with Crippen LogP contribution in [0.3, 0.4) is 0 Å². The highest BCUT2D eigenvalue weighted by atomic mass is 16.5. The number of rotatable bonds is 1. The Bertz CT molecular complexity index is 913. The molecular formula is C19H23N5O4. The summed E-state index contributed by atoms with van der Waals surface area (Å²) in [5.41, 5.74) is 5.13. The van der Waals surface area contributed by atoms with Gasteiger partial charge in [0.15, 0.2) is 0 Å². The molecule has 0 saturated carbocycles. The highest BCUT2D eigenvalue weighted by molar-refractivity contribution is 5.97. The van der Waals surface area contributed by atoms with E-state index >= 15 is 0 Å². The zero-order valence-electron chi connectivity index (χ0n) is 15.8. The van der Waals surface area contributed by atoms with Crippen molar-refractivity contribution in [2.24, 2.45) is 0 Å². The number of hydrogen-bond donors (Lipinski definition) is 2. The van der Waals surface area contributed by atoms with Crippen molar-refractivity contribution in [2.75, 3.05) is 37.7 Å². The minimum Gasteiger partial charge on any atom is -0.481 e. The van der Waals surface area contributed by atoms with Gasteiger partial charge in [-0.1, -0.05) is 0 Å². The number of ether oxygens (including phenoxy) is 1. The van der Waals surface area contributed by atoms with E-state index in [1.165, 1.54) is 5.56 Å². The number of carbonyl (C=O) groups is 2. The molecule has 0 radical (unpaired) electrons. The van der Waals surface area contributed by atoms with E-state index in [1.807, 2.05) is 10.9 Å². The van der Waals surface area contributed by atoms with E-state index in [0.29, 0.717) is 6.54 Å². The van der Waals surface area contributed by atoms with Crippen LogP contribution in [0.5, 0.6) is 0 Å². The lowest BCUT2D eigenvalue weighted by Gasteiger charge is -2.28. The molecule has 1 aliphatic carbocycles. The van der Waals surface area contributed by atoms with Crippen molar-refractivity contribution in [3.63, 3.8) is 0 Å². The number of carboxylic acid groups (broad SMARTS) is 1. The highest BCUT2D eigenvalue weighted by Crippen LogP contribution is 2.36. The van der Waals surface area contributed by atoms with Crippen LogP contribution in [0.15, 0.2) is 12.3 Å². The molecule has 2 aliphatic heterocycles. The second-order valence-corrected chi connectivity index (χ2v) is 6.97. The first-order valence-electron chi connectivity index (χ1n) is 9.44. The van der Waals surface area contributed by atoms with E-state index < -0.39 is 5.97 Å². The fourth-order valence-electron chi connectivity index (χ4n) is 3.84. The first-order chi connectivity index (χ1) is 13.5. The Morgan fingerprint density at radius 3 is 2.75 bits per heavy atom. The van der Waals surface area contributed by atoms with Crippen LogP contribution in [0.25, 0.3) is 11.3 Å². The van der Waals surface area contributed by atoms with Crippen molar-refractivity contribution in [1.29, 1.82) is 0 Å². The molecule has 0 unspecified atom stereocenters. The summed E-state index contributed by atoms with van der Waals surface area (Å²) in [6.45, 7) is 5.67.